The number of hydrogen-bond donors (Lipinski definition) is 0. The molecule has 0 saturated heterocycles. The van der Waals surface area contributed by atoms with Gasteiger partial charge in [-0.25, -0.2) is 0 Å². The lowest BCUT2D eigenvalue weighted by atomic mass is 9.80. The molecule has 0 atom stereocenters. The van der Waals surface area contributed by atoms with Crippen LogP contribution in [-0.2, 0) is 0 Å². The van der Waals surface area contributed by atoms with Crippen molar-refractivity contribution in [3.8, 4) is 89.0 Å². The summed E-state index contributed by atoms with van der Waals surface area (Å²) in [5, 5.41) is 6.85. The summed E-state index contributed by atoms with van der Waals surface area (Å²) in [6.45, 7) is 0. The summed E-state index contributed by atoms with van der Waals surface area (Å²) in [6.07, 6.45) is 0. The van der Waals surface area contributed by atoms with Crippen LogP contribution >= 0.6 is 0 Å². The molecule has 1 aromatic heterocycles. The van der Waals surface area contributed by atoms with Crippen LogP contribution in [0.25, 0.3) is 176 Å². The fourth-order valence-electron chi connectivity index (χ4n) is 13.9. The Morgan fingerprint density at radius 3 is 0.792 bits per heavy atom. The summed E-state index contributed by atoms with van der Waals surface area (Å²) >= 11 is 0. The average molecular weight is 981 g/mol. The summed E-state index contributed by atoms with van der Waals surface area (Å²) in [5.41, 5.74) is 12.8. The van der Waals surface area contributed by atoms with Crippen LogP contribution in [0.4, 0.5) is 0 Å². The van der Waals surface area contributed by atoms with E-state index < -0.39 is 0 Å². The SMILES string of the molecule is O=c1c2ccc3oc4ccc5c(=O)c6c(-c7ccccc7)c7c(c(-c8ccccc8)c6c(=O)c5c4c3c2c(=O)c2c(-c3ccccc3)c3c(c(-c4ccccc4)c12)-c1cccc2cccc-3c12)-c1cccc2cccc-7c12. The van der Waals surface area contributed by atoms with Gasteiger partial charge in [-0.1, -0.05) is 194 Å². The first kappa shape index (κ1) is 42.0. The largest absolute Gasteiger partial charge is 0.456 e. The van der Waals surface area contributed by atoms with Gasteiger partial charge in [0.15, 0.2) is 21.7 Å². The number of fused-ring (bicyclic) bond motifs is 15. The maximum absolute atomic E-state index is 16.6. The van der Waals surface area contributed by atoms with Gasteiger partial charge in [-0.05, 0) is 113 Å². The van der Waals surface area contributed by atoms with Crippen molar-refractivity contribution in [2.75, 3.05) is 0 Å². The van der Waals surface area contributed by atoms with Crippen LogP contribution in [0, 0.1) is 0 Å². The summed E-state index contributed by atoms with van der Waals surface area (Å²) in [6, 6.07) is 71.5. The molecule has 5 heteroatoms. The highest BCUT2D eigenvalue weighted by Gasteiger charge is 2.36. The van der Waals surface area contributed by atoms with E-state index in [0.717, 1.165) is 88.3 Å². The maximum Gasteiger partial charge on any atom is 0.195 e. The van der Waals surface area contributed by atoms with Crippen molar-refractivity contribution in [1.82, 2.24) is 0 Å². The summed E-state index contributed by atoms with van der Waals surface area (Å²) in [5.74, 6) is 0. The van der Waals surface area contributed by atoms with Crippen LogP contribution in [0.3, 0.4) is 0 Å². The molecule has 17 rings (SSSR count). The van der Waals surface area contributed by atoms with Gasteiger partial charge in [0.1, 0.15) is 11.2 Å². The van der Waals surface area contributed by atoms with Gasteiger partial charge in [0.25, 0.3) is 0 Å². The van der Waals surface area contributed by atoms with Crippen molar-refractivity contribution < 1.29 is 4.42 Å². The number of benzene rings is 14. The molecule has 0 bridgehead atoms. The summed E-state index contributed by atoms with van der Waals surface area (Å²) in [7, 11) is 0. The molecule has 0 aliphatic heterocycles. The zero-order valence-corrected chi connectivity index (χ0v) is 40.8. The van der Waals surface area contributed by atoms with Gasteiger partial charge >= 0.3 is 0 Å². The Balaban J connectivity index is 1.10. The molecule has 14 aromatic carbocycles. The molecule has 354 valence electrons. The van der Waals surface area contributed by atoms with E-state index in [0.29, 0.717) is 65.7 Å². The van der Waals surface area contributed by atoms with E-state index in [2.05, 4.69) is 72.8 Å². The average Bonchev–Trinajstić information content (AvgIpc) is 4.35. The molecule has 0 radical (unpaired) electrons. The third-order valence-electron chi connectivity index (χ3n) is 16.8. The van der Waals surface area contributed by atoms with Gasteiger partial charge in [0.05, 0.1) is 0 Å². The molecule has 0 fully saturated rings. The highest BCUT2D eigenvalue weighted by atomic mass is 16.3. The van der Waals surface area contributed by atoms with Crippen molar-refractivity contribution in [3.63, 3.8) is 0 Å². The van der Waals surface area contributed by atoms with E-state index in [1.807, 2.05) is 121 Å². The summed E-state index contributed by atoms with van der Waals surface area (Å²) in [4.78, 5) is 65.6. The first-order valence-corrected chi connectivity index (χ1v) is 25.9. The van der Waals surface area contributed by atoms with Gasteiger partial charge in [-0.2, -0.15) is 0 Å². The van der Waals surface area contributed by atoms with Crippen LogP contribution in [-0.4, -0.2) is 0 Å². The maximum atomic E-state index is 16.6. The van der Waals surface area contributed by atoms with E-state index in [4.69, 9.17) is 4.42 Å². The Hall–Kier alpha value is -10.4. The molecule has 5 nitrogen and oxygen atoms in total. The van der Waals surface area contributed by atoms with Gasteiger partial charge in [0, 0.05) is 76.1 Å². The quantitative estimate of drug-likeness (QED) is 0.164. The van der Waals surface area contributed by atoms with Gasteiger partial charge in [-0.3, -0.25) is 19.2 Å². The van der Waals surface area contributed by atoms with Gasteiger partial charge in [0.2, 0.25) is 0 Å². The second-order valence-corrected chi connectivity index (χ2v) is 20.5. The van der Waals surface area contributed by atoms with E-state index in [-0.39, 0.29) is 43.3 Å². The third-order valence-corrected chi connectivity index (χ3v) is 16.8. The molecule has 0 unspecified atom stereocenters. The summed E-state index contributed by atoms with van der Waals surface area (Å²) < 4.78 is 6.73. The lowest BCUT2D eigenvalue weighted by Crippen LogP contribution is -2.17. The van der Waals surface area contributed by atoms with E-state index in [1.165, 1.54) is 0 Å². The molecule has 2 aliphatic carbocycles. The second kappa shape index (κ2) is 15.1. The zero-order valence-electron chi connectivity index (χ0n) is 40.8. The first-order chi connectivity index (χ1) is 38.0. The van der Waals surface area contributed by atoms with Crippen LogP contribution in [0.1, 0.15) is 0 Å². The van der Waals surface area contributed by atoms with Crippen LogP contribution in [0.2, 0.25) is 0 Å². The molecule has 2 aliphatic rings. The Morgan fingerprint density at radius 2 is 0.494 bits per heavy atom. The van der Waals surface area contributed by atoms with Crippen LogP contribution < -0.4 is 21.7 Å². The van der Waals surface area contributed by atoms with Gasteiger partial charge in [-0.15, -0.1) is 0 Å². The molecule has 1 heterocycles. The van der Waals surface area contributed by atoms with Crippen molar-refractivity contribution in [2.45, 2.75) is 0 Å². The number of furan rings is 1. The topological polar surface area (TPSA) is 81.4 Å². The van der Waals surface area contributed by atoms with Crippen molar-refractivity contribution >= 4 is 86.6 Å². The number of hydrogen-bond acceptors (Lipinski definition) is 5. The minimum atomic E-state index is -0.363. The van der Waals surface area contributed by atoms with E-state index in [1.54, 1.807) is 24.3 Å². The van der Waals surface area contributed by atoms with Crippen molar-refractivity contribution in [1.29, 1.82) is 0 Å². The minimum absolute atomic E-state index is 0.146. The molecular formula is C72H36O5. The second-order valence-electron chi connectivity index (χ2n) is 20.5. The molecule has 77 heavy (non-hydrogen) atoms. The molecule has 15 aromatic rings. The normalized spacial score (nSPS) is 12.4. The fourth-order valence-corrected chi connectivity index (χ4v) is 13.9. The smallest absolute Gasteiger partial charge is 0.195 e. The predicted molar refractivity (Wildman–Crippen MR) is 317 cm³/mol. The lowest BCUT2D eigenvalue weighted by molar-refractivity contribution is 0.669. The predicted octanol–water partition coefficient (Wildman–Crippen LogP) is 16.8. The monoisotopic (exact) mass is 980 g/mol. The Labute approximate surface area is 437 Å². The molecule has 0 N–H and O–H groups in total. The fraction of sp³-hybridized carbons (Fsp3) is 0. The van der Waals surface area contributed by atoms with E-state index in [9.17, 15) is 0 Å². The Morgan fingerprint density at radius 1 is 0.208 bits per heavy atom. The van der Waals surface area contributed by atoms with E-state index >= 15 is 19.2 Å². The molecule has 0 spiro atoms. The number of rotatable bonds is 4. The zero-order chi connectivity index (χ0) is 50.9. The van der Waals surface area contributed by atoms with Crippen molar-refractivity contribution in [3.05, 3.63) is 259 Å². The highest BCUT2D eigenvalue weighted by Crippen LogP contribution is 2.59. The highest BCUT2D eigenvalue weighted by molar-refractivity contribution is 6.34. The molecule has 0 amide bonds. The molecule has 0 saturated carbocycles. The molecular weight excluding hydrogens is 945 g/mol. The minimum Gasteiger partial charge on any atom is -0.456 e. The van der Waals surface area contributed by atoms with Crippen LogP contribution in [0.5, 0.6) is 0 Å². The first-order valence-electron chi connectivity index (χ1n) is 25.9. The lowest BCUT2D eigenvalue weighted by Gasteiger charge is -2.20. The third kappa shape index (κ3) is 5.32. The standard InChI is InChI=1S/C72H36O5/c73-69-47-33-35-49-63(61(47)71(75)67-55(41-21-9-3-10-22-41)59-45-31-15-27-37-25-13-29-43(51(37)45)57(59)53(65(67)69)39-17-5-1-6-18-39)64-50(77-49)36-34-48-62(64)72(76)68-56(42-23-11-4-12-24-42)60-46-32-16-28-38-26-14-30-44(52(38)46)58(60)54(66(68)70(48)74)40-19-7-2-8-20-40/h1-36H. The van der Waals surface area contributed by atoms with Gasteiger partial charge < -0.3 is 4.42 Å². The Kier molecular flexibility index (Phi) is 8.26. The Bertz CT molecular complexity index is 5090. The van der Waals surface area contributed by atoms with Crippen molar-refractivity contribution in [2.24, 2.45) is 0 Å². The van der Waals surface area contributed by atoms with Crippen LogP contribution in [0.15, 0.2) is 242 Å².